The third-order valence-electron chi connectivity index (χ3n) is 4.58. The summed E-state index contributed by atoms with van der Waals surface area (Å²) in [5.41, 5.74) is 6.89. The number of nitrogens with two attached hydrogens (primary N) is 1. The summed E-state index contributed by atoms with van der Waals surface area (Å²) in [6.07, 6.45) is 4.10. The molecule has 0 saturated heterocycles. The van der Waals surface area contributed by atoms with Gasteiger partial charge in [0.25, 0.3) is 5.91 Å². The number of fused-ring (bicyclic) bond motifs is 1. The molecule has 0 aliphatic carbocycles. The molecule has 0 aliphatic heterocycles. The molecule has 0 spiro atoms. The van der Waals surface area contributed by atoms with E-state index in [9.17, 15) is 22.0 Å². The van der Waals surface area contributed by atoms with Crippen molar-refractivity contribution in [2.75, 3.05) is 12.0 Å². The van der Waals surface area contributed by atoms with Crippen molar-refractivity contribution in [1.29, 1.82) is 0 Å². The number of hydrogen-bond acceptors (Lipinski definition) is 7. The Balaban J connectivity index is 1.69. The molecule has 4 aromatic rings. The predicted octanol–water partition coefficient (Wildman–Crippen LogP) is 2.55. The van der Waals surface area contributed by atoms with Crippen LogP contribution >= 0.6 is 0 Å². The molecule has 0 fully saturated rings. The van der Waals surface area contributed by atoms with E-state index >= 15 is 0 Å². The maximum Gasteiger partial charge on any atom is 0.264 e. The maximum absolute atomic E-state index is 14.0. The summed E-state index contributed by atoms with van der Waals surface area (Å²) in [5.74, 6) is -2.48. The first kappa shape index (κ1) is 22.1. The zero-order valence-electron chi connectivity index (χ0n) is 17.1. The van der Waals surface area contributed by atoms with Gasteiger partial charge in [-0.05, 0) is 36.4 Å². The van der Waals surface area contributed by atoms with E-state index in [0.717, 1.165) is 12.3 Å². The van der Waals surface area contributed by atoms with E-state index in [4.69, 9.17) is 10.5 Å². The standard InChI is InChI=1S/C21H17F2N5O4S/c1-33(30,31)27-21(29)12-3-4-17(28-6-2-5-25-28)14(7-12)11-32-18-9-13-8-15(22)10-16(23)19(13)26-20(18)24/h2-10H,11H2,1H3,(H2,24,26)(H,27,29). The Morgan fingerprint density at radius 3 is 2.70 bits per heavy atom. The van der Waals surface area contributed by atoms with E-state index in [1.165, 1.54) is 22.9 Å². The quantitative estimate of drug-likeness (QED) is 0.440. The fourth-order valence-corrected chi connectivity index (χ4v) is 3.63. The summed E-state index contributed by atoms with van der Waals surface area (Å²) in [6.45, 7) is -0.135. The number of nitrogens with zero attached hydrogens (tertiary/aromatic N) is 3. The van der Waals surface area contributed by atoms with E-state index in [-0.39, 0.29) is 34.6 Å². The molecule has 0 radical (unpaired) electrons. The lowest BCUT2D eigenvalue weighted by Gasteiger charge is -2.14. The van der Waals surface area contributed by atoms with Gasteiger partial charge in [-0.1, -0.05) is 0 Å². The van der Waals surface area contributed by atoms with Gasteiger partial charge in [-0.3, -0.25) is 4.79 Å². The van der Waals surface area contributed by atoms with Crippen molar-refractivity contribution in [3.63, 3.8) is 0 Å². The molecule has 0 bridgehead atoms. The van der Waals surface area contributed by atoms with Crippen LogP contribution in [-0.4, -0.2) is 35.3 Å². The fraction of sp³-hybridized carbons (Fsp3) is 0.0952. The minimum Gasteiger partial charge on any atom is -0.485 e. The Labute approximate surface area is 186 Å². The Kier molecular flexibility index (Phi) is 5.68. The average Bonchev–Trinajstić information content (AvgIpc) is 3.26. The van der Waals surface area contributed by atoms with Crippen LogP contribution in [0.4, 0.5) is 14.6 Å². The van der Waals surface area contributed by atoms with Crippen molar-refractivity contribution in [3.05, 3.63) is 77.6 Å². The Morgan fingerprint density at radius 1 is 1.21 bits per heavy atom. The van der Waals surface area contributed by atoms with Crippen LogP contribution in [0, 0.1) is 11.6 Å². The second kappa shape index (κ2) is 8.47. The molecule has 2 heterocycles. The number of hydrogen-bond donors (Lipinski definition) is 2. The summed E-state index contributed by atoms with van der Waals surface area (Å²) < 4.78 is 59.6. The van der Waals surface area contributed by atoms with Gasteiger partial charge in [0.15, 0.2) is 17.4 Å². The van der Waals surface area contributed by atoms with Crippen molar-refractivity contribution < 1.29 is 26.7 Å². The summed E-state index contributed by atoms with van der Waals surface area (Å²) in [7, 11) is -3.76. The minimum atomic E-state index is -3.76. The number of ether oxygens (including phenoxy) is 1. The molecule has 3 N–H and O–H groups in total. The molecular weight excluding hydrogens is 456 g/mol. The van der Waals surface area contributed by atoms with Gasteiger partial charge >= 0.3 is 0 Å². The lowest BCUT2D eigenvalue weighted by molar-refractivity contribution is 0.0981. The fourth-order valence-electron chi connectivity index (χ4n) is 3.18. The monoisotopic (exact) mass is 473 g/mol. The topological polar surface area (TPSA) is 129 Å². The zero-order chi connectivity index (χ0) is 23.8. The van der Waals surface area contributed by atoms with Gasteiger partial charge in [0.1, 0.15) is 17.9 Å². The first-order valence-corrected chi connectivity index (χ1v) is 11.3. The molecule has 170 valence electrons. The summed E-state index contributed by atoms with van der Waals surface area (Å²) in [6, 6.07) is 9.33. The van der Waals surface area contributed by atoms with Crippen molar-refractivity contribution in [3.8, 4) is 11.4 Å². The molecule has 2 aromatic carbocycles. The van der Waals surface area contributed by atoms with E-state index in [1.807, 2.05) is 4.72 Å². The molecule has 0 aliphatic rings. The van der Waals surface area contributed by atoms with Gasteiger partial charge in [0.2, 0.25) is 10.0 Å². The molecule has 0 atom stereocenters. The Bertz CT molecular complexity index is 1470. The normalized spacial score (nSPS) is 11.5. The van der Waals surface area contributed by atoms with Gasteiger partial charge in [-0.25, -0.2) is 31.6 Å². The van der Waals surface area contributed by atoms with Gasteiger partial charge in [-0.15, -0.1) is 0 Å². The Morgan fingerprint density at radius 2 is 2.00 bits per heavy atom. The van der Waals surface area contributed by atoms with Gasteiger partial charge in [-0.2, -0.15) is 5.10 Å². The highest BCUT2D eigenvalue weighted by Crippen LogP contribution is 2.29. The number of sulfonamides is 1. The number of anilines is 1. The molecule has 1 amide bonds. The Hall–Kier alpha value is -4.06. The molecule has 33 heavy (non-hydrogen) atoms. The van der Waals surface area contributed by atoms with Gasteiger partial charge in [0.05, 0.1) is 11.9 Å². The third-order valence-corrected chi connectivity index (χ3v) is 5.14. The second-order valence-corrected chi connectivity index (χ2v) is 8.87. The van der Waals surface area contributed by atoms with E-state index in [1.54, 1.807) is 24.5 Å². The van der Waals surface area contributed by atoms with Crippen LogP contribution < -0.4 is 15.2 Å². The van der Waals surface area contributed by atoms with E-state index in [0.29, 0.717) is 17.3 Å². The number of benzene rings is 2. The van der Waals surface area contributed by atoms with Crippen LogP contribution in [0.2, 0.25) is 0 Å². The van der Waals surface area contributed by atoms with Gasteiger partial charge < -0.3 is 10.5 Å². The van der Waals surface area contributed by atoms with Gasteiger partial charge in [0, 0.05) is 35.0 Å². The number of carbonyl (C=O) groups is 1. The van der Waals surface area contributed by atoms with Crippen molar-refractivity contribution in [1.82, 2.24) is 19.5 Å². The number of amides is 1. The summed E-state index contributed by atoms with van der Waals surface area (Å²) >= 11 is 0. The smallest absolute Gasteiger partial charge is 0.264 e. The lowest BCUT2D eigenvalue weighted by atomic mass is 10.1. The molecule has 12 heteroatoms. The highest BCUT2D eigenvalue weighted by atomic mass is 32.2. The predicted molar refractivity (Wildman–Crippen MR) is 116 cm³/mol. The van der Waals surface area contributed by atoms with Crippen LogP contribution in [0.1, 0.15) is 15.9 Å². The first-order chi connectivity index (χ1) is 15.6. The number of rotatable bonds is 6. The van der Waals surface area contributed by atoms with Crippen LogP contribution in [0.15, 0.2) is 54.9 Å². The first-order valence-electron chi connectivity index (χ1n) is 9.44. The molecule has 0 saturated carbocycles. The number of nitrogen functional groups attached to an aromatic ring is 1. The lowest BCUT2D eigenvalue weighted by Crippen LogP contribution is -2.29. The minimum absolute atomic E-state index is 0.0729. The van der Waals surface area contributed by atoms with Crippen molar-refractivity contribution in [2.24, 2.45) is 0 Å². The van der Waals surface area contributed by atoms with Crippen LogP contribution in [0.25, 0.3) is 16.6 Å². The SMILES string of the molecule is CS(=O)(=O)NC(=O)c1ccc(-n2cccn2)c(COc2cc3cc(F)cc(F)c3nc2N)c1. The van der Waals surface area contributed by atoms with Crippen LogP contribution in [0.5, 0.6) is 5.75 Å². The van der Waals surface area contributed by atoms with Crippen LogP contribution in [0.3, 0.4) is 0 Å². The molecule has 2 aromatic heterocycles. The number of pyridine rings is 1. The molecule has 9 nitrogen and oxygen atoms in total. The maximum atomic E-state index is 14.0. The van der Waals surface area contributed by atoms with Crippen molar-refractivity contribution >= 4 is 32.7 Å². The number of aromatic nitrogens is 3. The van der Waals surface area contributed by atoms with Crippen molar-refractivity contribution in [2.45, 2.75) is 6.61 Å². The third kappa shape index (κ3) is 4.90. The highest BCUT2D eigenvalue weighted by molar-refractivity contribution is 7.89. The molecule has 4 rings (SSSR count). The second-order valence-electron chi connectivity index (χ2n) is 7.12. The highest BCUT2D eigenvalue weighted by Gasteiger charge is 2.16. The average molecular weight is 473 g/mol. The summed E-state index contributed by atoms with van der Waals surface area (Å²) in [4.78, 5) is 16.2. The van der Waals surface area contributed by atoms with E-state index in [2.05, 4.69) is 10.1 Å². The largest absolute Gasteiger partial charge is 0.485 e. The number of halogens is 2. The van der Waals surface area contributed by atoms with E-state index < -0.39 is 27.6 Å². The summed E-state index contributed by atoms with van der Waals surface area (Å²) in [5, 5.41) is 4.32. The van der Waals surface area contributed by atoms with Crippen LogP contribution in [-0.2, 0) is 16.6 Å². The number of nitrogens with one attached hydrogen (secondary N) is 1. The zero-order valence-corrected chi connectivity index (χ0v) is 17.9. The molecular formula is C21H17F2N5O4S. The molecule has 0 unspecified atom stereocenters. The number of carbonyl (C=O) groups excluding carboxylic acids is 1.